The summed E-state index contributed by atoms with van der Waals surface area (Å²) in [5.74, 6) is -0.330. The van der Waals surface area contributed by atoms with Crippen molar-refractivity contribution in [2.24, 2.45) is 0 Å². The minimum atomic E-state index is -0.853. The van der Waals surface area contributed by atoms with E-state index in [2.05, 4.69) is 32.9 Å². The van der Waals surface area contributed by atoms with Gasteiger partial charge in [0.1, 0.15) is 12.1 Å². The summed E-state index contributed by atoms with van der Waals surface area (Å²) in [6.45, 7) is 8.28. The number of hydrogen-bond donors (Lipinski definition) is 0. The molecule has 0 saturated carbocycles. The second-order valence-corrected chi connectivity index (χ2v) is 7.14. The number of benzene rings is 2. The lowest BCUT2D eigenvalue weighted by Crippen LogP contribution is -2.28. The van der Waals surface area contributed by atoms with E-state index >= 15 is 0 Å². The Morgan fingerprint density at radius 3 is 2.05 bits per heavy atom. The smallest absolute Gasteiger partial charge is 0.130 e. The summed E-state index contributed by atoms with van der Waals surface area (Å²) in [5.41, 5.74) is 1.97. The van der Waals surface area contributed by atoms with Crippen LogP contribution in [0.2, 0.25) is 0 Å². The van der Waals surface area contributed by atoms with E-state index in [0.29, 0.717) is 12.0 Å². The third-order valence-electron chi connectivity index (χ3n) is 4.14. The molecule has 2 aromatic carbocycles. The molecule has 1 nitrogen and oxygen atoms in total. The Morgan fingerprint density at radius 1 is 0.955 bits per heavy atom. The Morgan fingerprint density at radius 2 is 1.55 bits per heavy atom. The summed E-state index contributed by atoms with van der Waals surface area (Å²) >= 11 is 0. The Kier molecular flexibility index (Phi) is 4.50. The molecule has 116 valence electrons. The van der Waals surface area contributed by atoms with Crippen LogP contribution < -0.4 is 0 Å². The van der Waals surface area contributed by atoms with Crippen LogP contribution in [0.1, 0.15) is 44.4 Å². The van der Waals surface area contributed by atoms with Crippen LogP contribution in [0.5, 0.6) is 0 Å². The SMILES string of the molecule is CC(C)(C)c1ccc(CC(C)(C=O)c2ccccc2F)cc1. The molecule has 0 saturated heterocycles. The topological polar surface area (TPSA) is 17.1 Å². The van der Waals surface area contributed by atoms with Crippen molar-refractivity contribution in [2.45, 2.75) is 44.9 Å². The van der Waals surface area contributed by atoms with Gasteiger partial charge < -0.3 is 4.79 Å². The predicted molar refractivity (Wildman–Crippen MR) is 88.7 cm³/mol. The Balaban J connectivity index is 2.31. The van der Waals surface area contributed by atoms with Crippen LogP contribution in [0.4, 0.5) is 4.39 Å². The minimum absolute atomic E-state index is 0.0953. The Bertz CT molecular complexity index is 652. The second-order valence-electron chi connectivity index (χ2n) is 7.14. The van der Waals surface area contributed by atoms with Crippen molar-refractivity contribution in [3.8, 4) is 0 Å². The lowest BCUT2D eigenvalue weighted by Gasteiger charge is -2.25. The van der Waals surface area contributed by atoms with E-state index < -0.39 is 5.41 Å². The molecule has 0 radical (unpaired) electrons. The van der Waals surface area contributed by atoms with E-state index in [0.717, 1.165) is 11.8 Å². The molecule has 2 rings (SSSR count). The third-order valence-corrected chi connectivity index (χ3v) is 4.14. The molecule has 0 N–H and O–H groups in total. The van der Waals surface area contributed by atoms with E-state index in [1.54, 1.807) is 25.1 Å². The van der Waals surface area contributed by atoms with Crippen molar-refractivity contribution in [3.63, 3.8) is 0 Å². The van der Waals surface area contributed by atoms with Gasteiger partial charge in [-0.1, -0.05) is 63.2 Å². The molecule has 0 aliphatic heterocycles. The van der Waals surface area contributed by atoms with Gasteiger partial charge in [-0.3, -0.25) is 0 Å². The van der Waals surface area contributed by atoms with Gasteiger partial charge >= 0.3 is 0 Å². The Labute approximate surface area is 132 Å². The zero-order valence-corrected chi connectivity index (χ0v) is 13.7. The van der Waals surface area contributed by atoms with Crippen LogP contribution in [0.15, 0.2) is 48.5 Å². The van der Waals surface area contributed by atoms with Gasteiger partial charge in [0.15, 0.2) is 0 Å². The number of carbonyl (C=O) groups is 1. The van der Waals surface area contributed by atoms with Crippen molar-refractivity contribution in [2.75, 3.05) is 0 Å². The zero-order chi connectivity index (χ0) is 16.4. The van der Waals surface area contributed by atoms with Crippen molar-refractivity contribution < 1.29 is 9.18 Å². The van der Waals surface area contributed by atoms with Gasteiger partial charge in [0, 0.05) is 5.56 Å². The maximum absolute atomic E-state index is 14.0. The average Bonchev–Trinajstić information content (AvgIpc) is 2.47. The van der Waals surface area contributed by atoms with Gasteiger partial charge in [-0.05, 0) is 36.0 Å². The van der Waals surface area contributed by atoms with Crippen molar-refractivity contribution in [1.82, 2.24) is 0 Å². The summed E-state index contributed by atoms with van der Waals surface area (Å²) in [6.07, 6.45) is 1.34. The first-order valence-electron chi connectivity index (χ1n) is 7.57. The molecule has 0 spiro atoms. The van der Waals surface area contributed by atoms with Crippen LogP contribution in [0.25, 0.3) is 0 Å². The van der Waals surface area contributed by atoms with E-state index in [1.165, 1.54) is 11.6 Å². The molecule has 0 aromatic heterocycles. The third kappa shape index (κ3) is 3.44. The first-order chi connectivity index (χ1) is 10.3. The van der Waals surface area contributed by atoms with Gasteiger partial charge in [0.25, 0.3) is 0 Å². The monoisotopic (exact) mass is 298 g/mol. The molecular formula is C20H23FO. The fourth-order valence-corrected chi connectivity index (χ4v) is 2.67. The van der Waals surface area contributed by atoms with E-state index in [1.807, 2.05) is 12.1 Å². The van der Waals surface area contributed by atoms with E-state index in [4.69, 9.17) is 0 Å². The lowest BCUT2D eigenvalue weighted by atomic mass is 9.77. The van der Waals surface area contributed by atoms with Crippen LogP contribution in [0.3, 0.4) is 0 Å². The molecule has 0 aliphatic rings. The highest BCUT2D eigenvalue weighted by Gasteiger charge is 2.29. The number of hydrogen-bond acceptors (Lipinski definition) is 1. The summed E-state index contributed by atoms with van der Waals surface area (Å²) < 4.78 is 14.0. The summed E-state index contributed by atoms with van der Waals surface area (Å²) in [5, 5.41) is 0. The highest BCUT2D eigenvalue weighted by Crippen LogP contribution is 2.29. The first kappa shape index (κ1) is 16.4. The first-order valence-corrected chi connectivity index (χ1v) is 7.57. The summed E-state index contributed by atoms with van der Waals surface area (Å²) in [6, 6.07) is 14.7. The molecular weight excluding hydrogens is 275 g/mol. The number of rotatable bonds is 4. The fourth-order valence-electron chi connectivity index (χ4n) is 2.67. The number of aldehydes is 1. The van der Waals surface area contributed by atoms with Gasteiger partial charge in [0.2, 0.25) is 0 Å². The molecule has 2 aromatic rings. The average molecular weight is 298 g/mol. The highest BCUT2D eigenvalue weighted by molar-refractivity contribution is 5.69. The molecule has 1 unspecified atom stereocenters. The Hall–Kier alpha value is -1.96. The maximum atomic E-state index is 14.0. The molecule has 0 aliphatic carbocycles. The maximum Gasteiger partial charge on any atom is 0.130 e. The molecule has 22 heavy (non-hydrogen) atoms. The van der Waals surface area contributed by atoms with Gasteiger partial charge in [0.05, 0.1) is 5.41 Å². The van der Waals surface area contributed by atoms with E-state index in [-0.39, 0.29) is 11.2 Å². The summed E-state index contributed by atoms with van der Waals surface area (Å²) in [4.78, 5) is 11.6. The van der Waals surface area contributed by atoms with Gasteiger partial charge in [-0.2, -0.15) is 0 Å². The highest BCUT2D eigenvalue weighted by atomic mass is 19.1. The minimum Gasteiger partial charge on any atom is -0.302 e. The molecule has 0 fully saturated rings. The van der Waals surface area contributed by atoms with Gasteiger partial charge in [-0.15, -0.1) is 0 Å². The van der Waals surface area contributed by atoms with Crippen LogP contribution in [-0.2, 0) is 22.0 Å². The lowest BCUT2D eigenvalue weighted by molar-refractivity contribution is -0.112. The standard InChI is InChI=1S/C20H23FO/c1-19(2,3)16-11-9-15(10-12-16)13-20(4,14-22)17-7-5-6-8-18(17)21/h5-12,14H,13H2,1-4H3. The van der Waals surface area contributed by atoms with Crippen molar-refractivity contribution in [1.29, 1.82) is 0 Å². The molecule has 0 heterocycles. The number of carbonyl (C=O) groups excluding carboxylic acids is 1. The molecule has 0 bridgehead atoms. The quantitative estimate of drug-likeness (QED) is 0.739. The second kappa shape index (κ2) is 6.04. The zero-order valence-electron chi connectivity index (χ0n) is 13.7. The van der Waals surface area contributed by atoms with Crippen LogP contribution >= 0.6 is 0 Å². The number of halogens is 1. The van der Waals surface area contributed by atoms with Crippen LogP contribution in [-0.4, -0.2) is 6.29 Å². The van der Waals surface area contributed by atoms with Crippen molar-refractivity contribution >= 4 is 6.29 Å². The fraction of sp³-hybridized carbons (Fsp3) is 0.350. The van der Waals surface area contributed by atoms with Crippen molar-refractivity contribution in [3.05, 3.63) is 71.0 Å². The van der Waals surface area contributed by atoms with E-state index in [9.17, 15) is 9.18 Å². The van der Waals surface area contributed by atoms with Crippen LogP contribution in [0, 0.1) is 5.82 Å². The largest absolute Gasteiger partial charge is 0.302 e. The normalized spacial score (nSPS) is 14.4. The predicted octanol–water partition coefficient (Wildman–Crippen LogP) is 4.82. The molecule has 0 amide bonds. The summed E-state index contributed by atoms with van der Waals surface area (Å²) in [7, 11) is 0. The molecule has 1 atom stereocenters. The van der Waals surface area contributed by atoms with Gasteiger partial charge in [-0.25, -0.2) is 4.39 Å². The molecule has 2 heteroatoms.